The minimum absolute atomic E-state index is 0.263. The van der Waals surface area contributed by atoms with Gasteiger partial charge in [-0.15, -0.1) is 0 Å². The number of carboxylic acids is 1. The molecule has 0 aromatic heterocycles. The molecule has 2 rings (SSSR count). The second-order valence-corrected chi connectivity index (χ2v) is 4.37. The van der Waals surface area contributed by atoms with Gasteiger partial charge in [-0.1, -0.05) is 25.1 Å². The standard InChI is InChI=1S/C13H16N2O3/c1-2-9(13(17)18)15-12(16)11-7-8-5-3-4-6-10(8)14-11/h3-6,9,11,14H,2,7H2,1H3,(H,15,16)(H,17,18)/t9-,11+/m1/s1. The van der Waals surface area contributed by atoms with Crippen LogP contribution in [0.5, 0.6) is 0 Å². The number of hydrogen-bond donors (Lipinski definition) is 3. The van der Waals surface area contributed by atoms with Crippen LogP contribution in [0.25, 0.3) is 0 Å². The Morgan fingerprint density at radius 1 is 1.50 bits per heavy atom. The predicted octanol–water partition coefficient (Wildman–Crippen LogP) is 1.00. The Morgan fingerprint density at radius 2 is 2.22 bits per heavy atom. The third-order valence-corrected chi connectivity index (χ3v) is 3.11. The fraction of sp³-hybridized carbons (Fsp3) is 0.385. The van der Waals surface area contributed by atoms with Crippen LogP contribution in [-0.2, 0) is 16.0 Å². The van der Waals surface area contributed by atoms with Crippen LogP contribution in [0.4, 0.5) is 5.69 Å². The smallest absolute Gasteiger partial charge is 0.326 e. The van der Waals surface area contributed by atoms with Crippen molar-refractivity contribution in [1.82, 2.24) is 5.32 Å². The van der Waals surface area contributed by atoms with E-state index < -0.39 is 12.0 Å². The fourth-order valence-electron chi connectivity index (χ4n) is 2.07. The van der Waals surface area contributed by atoms with E-state index in [1.165, 1.54) is 0 Å². The quantitative estimate of drug-likeness (QED) is 0.743. The molecule has 5 heteroatoms. The van der Waals surface area contributed by atoms with Crippen LogP contribution in [0.15, 0.2) is 24.3 Å². The molecule has 0 bridgehead atoms. The highest BCUT2D eigenvalue weighted by molar-refractivity contribution is 5.90. The summed E-state index contributed by atoms with van der Waals surface area (Å²) >= 11 is 0. The lowest BCUT2D eigenvalue weighted by Crippen LogP contribution is -2.47. The maximum atomic E-state index is 12.0. The number of benzene rings is 1. The summed E-state index contributed by atoms with van der Waals surface area (Å²) in [5.74, 6) is -1.26. The van der Waals surface area contributed by atoms with Gasteiger partial charge in [-0.3, -0.25) is 4.79 Å². The summed E-state index contributed by atoms with van der Waals surface area (Å²) < 4.78 is 0. The number of carboxylic acid groups (broad SMARTS) is 1. The number of amides is 1. The number of carbonyl (C=O) groups excluding carboxylic acids is 1. The van der Waals surface area contributed by atoms with Gasteiger partial charge in [0.25, 0.3) is 0 Å². The average molecular weight is 248 g/mol. The van der Waals surface area contributed by atoms with Crippen LogP contribution in [0, 0.1) is 0 Å². The summed E-state index contributed by atoms with van der Waals surface area (Å²) in [6, 6.07) is 6.51. The van der Waals surface area contributed by atoms with E-state index in [4.69, 9.17) is 5.11 Å². The first kappa shape index (κ1) is 12.4. The van der Waals surface area contributed by atoms with Gasteiger partial charge in [-0.2, -0.15) is 0 Å². The first-order valence-electron chi connectivity index (χ1n) is 5.99. The van der Waals surface area contributed by atoms with Crippen molar-refractivity contribution in [2.75, 3.05) is 5.32 Å². The average Bonchev–Trinajstić information content (AvgIpc) is 2.79. The van der Waals surface area contributed by atoms with Crippen molar-refractivity contribution < 1.29 is 14.7 Å². The predicted molar refractivity (Wildman–Crippen MR) is 67.4 cm³/mol. The third-order valence-electron chi connectivity index (χ3n) is 3.11. The topological polar surface area (TPSA) is 78.4 Å². The van der Waals surface area contributed by atoms with E-state index in [2.05, 4.69) is 10.6 Å². The fourth-order valence-corrected chi connectivity index (χ4v) is 2.07. The number of carbonyl (C=O) groups is 2. The number of anilines is 1. The van der Waals surface area contributed by atoms with Gasteiger partial charge < -0.3 is 15.7 Å². The van der Waals surface area contributed by atoms with Crippen molar-refractivity contribution in [3.63, 3.8) is 0 Å². The van der Waals surface area contributed by atoms with E-state index in [-0.39, 0.29) is 11.9 Å². The molecule has 5 nitrogen and oxygen atoms in total. The molecule has 0 radical (unpaired) electrons. The van der Waals surface area contributed by atoms with Gasteiger partial charge in [0.1, 0.15) is 12.1 Å². The van der Waals surface area contributed by atoms with Crippen molar-refractivity contribution in [3.8, 4) is 0 Å². The van der Waals surface area contributed by atoms with Gasteiger partial charge in [-0.25, -0.2) is 4.79 Å². The van der Waals surface area contributed by atoms with E-state index in [1.54, 1.807) is 6.92 Å². The highest BCUT2D eigenvalue weighted by atomic mass is 16.4. The van der Waals surface area contributed by atoms with E-state index >= 15 is 0 Å². The first-order valence-corrected chi connectivity index (χ1v) is 5.99. The molecule has 96 valence electrons. The molecule has 0 aliphatic carbocycles. The number of para-hydroxylation sites is 1. The number of rotatable bonds is 4. The summed E-state index contributed by atoms with van der Waals surface area (Å²) in [6.07, 6.45) is 0.971. The van der Waals surface area contributed by atoms with Crippen LogP contribution in [0.2, 0.25) is 0 Å². The molecular formula is C13H16N2O3. The highest BCUT2D eigenvalue weighted by Crippen LogP contribution is 2.25. The van der Waals surface area contributed by atoms with Crippen molar-refractivity contribution in [2.45, 2.75) is 31.8 Å². The molecule has 0 saturated heterocycles. The number of fused-ring (bicyclic) bond motifs is 1. The summed E-state index contributed by atoms with van der Waals surface area (Å²) in [7, 11) is 0. The zero-order valence-corrected chi connectivity index (χ0v) is 10.1. The lowest BCUT2D eigenvalue weighted by Gasteiger charge is -2.16. The summed E-state index contributed by atoms with van der Waals surface area (Å²) in [5.41, 5.74) is 2.03. The molecule has 1 amide bonds. The minimum Gasteiger partial charge on any atom is -0.480 e. The molecule has 0 spiro atoms. The monoisotopic (exact) mass is 248 g/mol. The van der Waals surface area contributed by atoms with E-state index in [0.717, 1.165) is 11.3 Å². The first-order chi connectivity index (χ1) is 8.61. The molecule has 1 aliphatic heterocycles. The van der Waals surface area contributed by atoms with Gasteiger partial charge in [0.15, 0.2) is 0 Å². The normalized spacial score (nSPS) is 18.6. The van der Waals surface area contributed by atoms with Crippen molar-refractivity contribution in [2.24, 2.45) is 0 Å². The minimum atomic E-state index is -0.999. The molecule has 0 saturated carbocycles. The summed E-state index contributed by atoms with van der Waals surface area (Å²) in [6.45, 7) is 1.73. The number of nitrogens with one attached hydrogen (secondary N) is 2. The molecular weight excluding hydrogens is 232 g/mol. The van der Waals surface area contributed by atoms with E-state index in [9.17, 15) is 9.59 Å². The maximum absolute atomic E-state index is 12.0. The zero-order valence-electron chi connectivity index (χ0n) is 10.1. The van der Waals surface area contributed by atoms with Crippen LogP contribution in [-0.4, -0.2) is 29.1 Å². The largest absolute Gasteiger partial charge is 0.480 e. The Kier molecular flexibility index (Phi) is 3.50. The molecule has 2 atom stereocenters. The SMILES string of the molecule is CC[C@@H](NC(=O)[C@@H]1Cc2ccccc2N1)C(=O)O. The zero-order chi connectivity index (χ0) is 13.1. The Hall–Kier alpha value is -2.04. The lowest BCUT2D eigenvalue weighted by molar-refractivity contribution is -0.142. The van der Waals surface area contributed by atoms with Crippen molar-refractivity contribution >= 4 is 17.6 Å². The van der Waals surface area contributed by atoms with Gasteiger partial charge in [0, 0.05) is 12.1 Å². The molecule has 18 heavy (non-hydrogen) atoms. The molecule has 1 aromatic rings. The van der Waals surface area contributed by atoms with Crippen LogP contribution in [0.3, 0.4) is 0 Å². The van der Waals surface area contributed by atoms with Crippen molar-refractivity contribution in [1.29, 1.82) is 0 Å². The van der Waals surface area contributed by atoms with Gasteiger partial charge >= 0.3 is 5.97 Å². The van der Waals surface area contributed by atoms with Gasteiger partial charge in [0.2, 0.25) is 5.91 Å². The van der Waals surface area contributed by atoms with Gasteiger partial charge in [0.05, 0.1) is 0 Å². The molecule has 3 N–H and O–H groups in total. The maximum Gasteiger partial charge on any atom is 0.326 e. The summed E-state index contributed by atoms with van der Waals surface area (Å²) in [5, 5.41) is 14.5. The van der Waals surface area contributed by atoms with Gasteiger partial charge in [-0.05, 0) is 18.1 Å². The number of hydrogen-bond acceptors (Lipinski definition) is 3. The summed E-state index contributed by atoms with van der Waals surface area (Å²) in [4.78, 5) is 22.8. The Labute approximate surface area is 105 Å². The third kappa shape index (κ3) is 2.45. The Morgan fingerprint density at radius 3 is 2.83 bits per heavy atom. The van der Waals surface area contributed by atoms with Crippen LogP contribution in [0.1, 0.15) is 18.9 Å². The van der Waals surface area contributed by atoms with Crippen LogP contribution < -0.4 is 10.6 Å². The van der Waals surface area contributed by atoms with Crippen molar-refractivity contribution in [3.05, 3.63) is 29.8 Å². The van der Waals surface area contributed by atoms with E-state index in [0.29, 0.717) is 12.8 Å². The molecule has 1 aliphatic rings. The Balaban J connectivity index is 1.99. The molecule has 1 aromatic carbocycles. The molecule has 0 fully saturated rings. The second kappa shape index (κ2) is 5.08. The number of aliphatic carboxylic acids is 1. The van der Waals surface area contributed by atoms with Crippen LogP contribution >= 0.6 is 0 Å². The highest BCUT2D eigenvalue weighted by Gasteiger charge is 2.28. The second-order valence-electron chi connectivity index (χ2n) is 4.37. The molecule has 0 unspecified atom stereocenters. The molecule has 1 heterocycles. The lowest BCUT2D eigenvalue weighted by atomic mass is 10.1. The van der Waals surface area contributed by atoms with E-state index in [1.807, 2.05) is 24.3 Å². The Bertz CT molecular complexity index is 448.